The minimum Gasteiger partial charge on any atom is -0.385 e. The van der Waals surface area contributed by atoms with Crippen molar-refractivity contribution in [2.24, 2.45) is 5.92 Å². The summed E-state index contributed by atoms with van der Waals surface area (Å²) in [6.45, 7) is -0.0292. The van der Waals surface area contributed by atoms with Gasteiger partial charge in [-0.25, -0.2) is 18.8 Å². The Bertz CT molecular complexity index is 1000. The minimum atomic E-state index is -5.29. The molecule has 0 unspecified atom stereocenters. The number of hydrogen-bond donors (Lipinski definition) is 0. The molecule has 1 aromatic rings. The number of nitrogens with zero attached hydrogens (tertiary/aromatic N) is 3. The van der Waals surface area contributed by atoms with Crippen LogP contribution < -0.4 is 0 Å². The molecule has 4 rings (SSSR count). The largest absolute Gasteiger partial charge is 0.491 e. The molecule has 36 heavy (non-hydrogen) atoms. The van der Waals surface area contributed by atoms with Crippen LogP contribution in [0.25, 0.3) is 0 Å². The maximum atomic E-state index is 13.6. The molecule has 1 heterocycles. The predicted molar refractivity (Wildman–Crippen MR) is 121 cm³/mol. The standard InChI is InChI=1S/C25H31F4N3O4/c1-30(2)24(18-6-8-19(26)9-7-18)12-10-23(11-13-24)16-31(15-20(33)36-21(34)25(27,28)29)22(35)32(23)14-17-4-3-5-17/h6-9,17H,3-5,10-16H2,1-2H3. The van der Waals surface area contributed by atoms with Gasteiger partial charge in [0.05, 0.1) is 5.54 Å². The molecule has 0 atom stereocenters. The number of carbonyl (C=O) groups is 3. The third kappa shape index (κ3) is 4.94. The van der Waals surface area contributed by atoms with Crippen molar-refractivity contribution in [1.29, 1.82) is 0 Å². The molecule has 11 heteroatoms. The molecule has 0 N–H and O–H groups in total. The molecule has 1 spiro atoms. The number of benzene rings is 1. The second-order valence-electron chi connectivity index (χ2n) is 10.5. The number of esters is 2. The SMILES string of the molecule is CN(C)C1(c2ccc(F)cc2)CCC2(CC1)CN(CC(=O)OC(=O)C(F)(F)F)C(=O)N2CC1CCC1. The monoisotopic (exact) mass is 513 g/mol. The number of halogens is 4. The van der Waals surface area contributed by atoms with Gasteiger partial charge in [0.25, 0.3) is 0 Å². The summed E-state index contributed by atoms with van der Waals surface area (Å²) in [7, 11) is 3.93. The highest BCUT2D eigenvalue weighted by Crippen LogP contribution is 2.49. The van der Waals surface area contributed by atoms with E-state index in [1.165, 1.54) is 17.0 Å². The zero-order valence-corrected chi connectivity index (χ0v) is 20.4. The fourth-order valence-electron chi connectivity index (χ4n) is 5.87. The van der Waals surface area contributed by atoms with E-state index in [1.807, 2.05) is 14.1 Å². The van der Waals surface area contributed by atoms with Crippen LogP contribution in [0.2, 0.25) is 0 Å². The molecule has 1 saturated heterocycles. The summed E-state index contributed by atoms with van der Waals surface area (Å²) in [4.78, 5) is 41.6. The van der Waals surface area contributed by atoms with E-state index in [0.717, 1.165) is 24.8 Å². The Kier molecular flexibility index (Phi) is 7.07. The Morgan fingerprint density at radius 2 is 1.69 bits per heavy atom. The van der Waals surface area contributed by atoms with Gasteiger partial charge < -0.3 is 14.5 Å². The molecule has 2 amide bonds. The predicted octanol–water partition coefficient (Wildman–Crippen LogP) is 4.07. The molecule has 3 fully saturated rings. The zero-order chi connectivity index (χ0) is 26.3. The summed E-state index contributed by atoms with van der Waals surface area (Å²) in [5.74, 6) is -3.97. The van der Waals surface area contributed by atoms with Crippen LogP contribution in [-0.2, 0) is 19.9 Å². The first-order valence-corrected chi connectivity index (χ1v) is 12.2. The molecular weight excluding hydrogens is 482 g/mol. The zero-order valence-electron chi connectivity index (χ0n) is 20.4. The average molecular weight is 514 g/mol. The van der Waals surface area contributed by atoms with Crippen LogP contribution in [0.1, 0.15) is 50.5 Å². The molecule has 0 bridgehead atoms. The Hall–Kier alpha value is -2.69. The van der Waals surface area contributed by atoms with Crippen LogP contribution in [0, 0.1) is 11.7 Å². The summed E-state index contributed by atoms with van der Waals surface area (Å²) in [6, 6.07) is 6.00. The van der Waals surface area contributed by atoms with Crippen LogP contribution in [0.15, 0.2) is 24.3 Å². The van der Waals surface area contributed by atoms with Gasteiger partial charge in [-0.1, -0.05) is 18.6 Å². The van der Waals surface area contributed by atoms with Crippen LogP contribution in [0.3, 0.4) is 0 Å². The molecule has 0 aromatic heterocycles. The highest BCUT2D eigenvalue weighted by atomic mass is 19.4. The number of rotatable bonds is 6. The van der Waals surface area contributed by atoms with E-state index in [9.17, 15) is 31.9 Å². The molecule has 2 saturated carbocycles. The first kappa shape index (κ1) is 26.4. The van der Waals surface area contributed by atoms with Crippen molar-refractivity contribution in [2.45, 2.75) is 62.2 Å². The van der Waals surface area contributed by atoms with Gasteiger partial charge in [0, 0.05) is 18.6 Å². The molecule has 0 radical (unpaired) electrons. The van der Waals surface area contributed by atoms with Crippen LogP contribution in [0.5, 0.6) is 0 Å². The van der Waals surface area contributed by atoms with E-state index in [4.69, 9.17) is 0 Å². The first-order valence-electron chi connectivity index (χ1n) is 12.2. The van der Waals surface area contributed by atoms with Gasteiger partial charge in [0.2, 0.25) is 0 Å². The van der Waals surface area contributed by atoms with Crippen molar-refractivity contribution in [3.63, 3.8) is 0 Å². The third-order valence-electron chi connectivity index (χ3n) is 8.23. The normalized spacial score (nSPS) is 27.0. The Morgan fingerprint density at radius 3 is 2.19 bits per heavy atom. The van der Waals surface area contributed by atoms with Crippen LogP contribution >= 0.6 is 0 Å². The van der Waals surface area contributed by atoms with E-state index < -0.39 is 36.2 Å². The smallest absolute Gasteiger partial charge is 0.385 e. The van der Waals surface area contributed by atoms with Crippen molar-refractivity contribution in [2.75, 3.05) is 33.7 Å². The first-order chi connectivity index (χ1) is 16.9. The lowest BCUT2D eigenvalue weighted by molar-refractivity contribution is -0.201. The number of alkyl halides is 3. The molecule has 1 aliphatic heterocycles. The highest BCUT2D eigenvalue weighted by molar-refractivity contribution is 5.91. The maximum Gasteiger partial charge on any atom is 0.491 e. The molecule has 7 nitrogen and oxygen atoms in total. The lowest BCUT2D eigenvalue weighted by atomic mass is 9.68. The fraction of sp³-hybridized carbons (Fsp3) is 0.640. The average Bonchev–Trinajstić information content (AvgIpc) is 3.01. The number of carbonyl (C=O) groups excluding carboxylic acids is 3. The second kappa shape index (κ2) is 9.64. The third-order valence-corrected chi connectivity index (χ3v) is 8.23. The van der Waals surface area contributed by atoms with Crippen molar-refractivity contribution in [3.05, 3.63) is 35.6 Å². The Labute approximate surface area is 207 Å². The lowest BCUT2D eigenvalue weighted by Gasteiger charge is -2.51. The quantitative estimate of drug-likeness (QED) is 0.326. The number of urea groups is 1. The summed E-state index contributed by atoms with van der Waals surface area (Å²) in [5.41, 5.74) is 0.0283. The maximum absolute atomic E-state index is 13.6. The number of ether oxygens (including phenoxy) is 1. The Balaban J connectivity index is 1.53. The van der Waals surface area contributed by atoms with E-state index in [1.54, 1.807) is 17.0 Å². The van der Waals surface area contributed by atoms with Crippen molar-refractivity contribution in [3.8, 4) is 0 Å². The van der Waals surface area contributed by atoms with E-state index in [2.05, 4.69) is 9.64 Å². The molecule has 3 aliphatic rings. The number of amides is 2. The van der Waals surface area contributed by atoms with Gasteiger partial charge in [-0.2, -0.15) is 13.2 Å². The van der Waals surface area contributed by atoms with E-state index >= 15 is 0 Å². The summed E-state index contributed by atoms with van der Waals surface area (Å²) >= 11 is 0. The van der Waals surface area contributed by atoms with Crippen LogP contribution in [0.4, 0.5) is 22.4 Å². The lowest BCUT2D eigenvalue weighted by Crippen LogP contribution is -2.56. The van der Waals surface area contributed by atoms with E-state index in [-0.39, 0.29) is 17.9 Å². The topological polar surface area (TPSA) is 70.2 Å². The van der Waals surface area contributed by atoms with Gasteiger partial charge in [-0.15, -0.1) is 0 Å². The van der Waals surface area contributed by atoms with Gasteiger partial charge in [-0.3, -0.25) is 4.90 Å². The minimum absolute atomic E-state index is 0.167. The fourth-order valence-corrected chi connectivity index (χ4v) is 5.87. The van der Waals surface area contributed by atoms with Gasteiger partial charge >= 0.3 is 24.1 Å². The summed E-state index contributed by atoms with van der Waals surface area (Å²) in [5, 5.41) is 0. The molecule has 198 valence electrons. The van der Waals surface area contributed by atoms with E-state index in [0.29, 0.717) is 38.1 Å². The summed E-state index contributed by atoms with van der Waals surface area (Å²) in [6.07, 6.45) is 0.349. The van der Waals surface area contributed by atoms with Gasteiger partial charge in [0.1, 0.15) is 12.4 Å². The number of hydrogen-bond acceptors (Lipinski definition) is 5. The molecular formula is C25H31F4N3O4. The van der Waals surface area contributed by atoms with Crippen molar-refractivity contribution >= 4 is 18.0 Å². The van der Waals surface area contributed by atoms with Gasteiger partial charge in [-0.05, 0) is 76.2 Å². The molecule has 1 aromatic carbocycles. The molecule has 2 aliphatic carbocycles. The van der Waals surface area contributed by atoms with Crippen LogP contribution in [-0.4, -0.2) is 78.1 Å². The van der Waals surface area contributed by atoms with Crippen molar-refractivity contribution in [1.82, 2.24) is 14.7 Å². The highest BCUT2D eigenvalue weighted by Gasteiger charge is 2.55. The Morgan fingerprint density at radius 1 is 1.08 bits per heavy atom. The summed E-state index contributed by atoms with van der Waals surface area (Å²) < 4.78 is 55.0. The second-order valence-corrected chi connectivity index (χ2v) is 10.5. The van der Waals surface area contributed by atoms with Gasteiger partial charge in [0.15, 0.2) is 0 Å². The van der Waals surface area contributed by atoms with Crippen molar-refractivity contribution < 1.29 is 36.7 Å².